The average molecular weight is 389 g/mol. The van der Waals surface area contributed by atoms with Crippen LogP contribution in [0.15, 0.2) is 0 Å². The molecule has 4 fully saturated rings. The van der Waals surface area contributed by atoms with Crippen LogP contribution in [0.1, 0.15) is 79.1 Å². The Kier molecular flexibility index (Phi) is 4.86. The van der Waals surface area contributed by atoms with E-state index < -0.39 is 6.04 Å². The smallest absolute Gasteiger partial charge is 0.224 e. The Morgan fingerprint density at radius 1 is 1.04 bits per heavy atom. The summed E-state index contributed by atoms with van der Waals surface area (Å²) < 4.78 is 0. The number of nitrogens with one attached hydrogen (secondary N) is 2. The van der Waals surface area contributed by atoms with Crippen LogP contribution >= 0.6 is 0 Å². The topological polar surface area (TPSA) is 75.3 Å². The summed E-state index contributed by atoms with van der Waals surface area (Å²) >= 11 is 0. The number of Topliss-reactive ketones (excluding diaryl/α,β-unsaturated/α-hetero) is 1. The van der Waals surface area contributed by atoms with Gasteiger partial charge in [0.05, 0.1) is 6.04 Å². The van der Waals surface area contributed by atoms with Crippen molar-refractivity contribution in [3.05, 3.63) is 0 Å². The number of carbonyl (C=O) groups excluding carboxylic acids is 3. The Bertz CT molecular complexity index is 691. The van der Waals surface area contributed by atoms with Crippen LogP contribution in [0.5, 0.6) is 0 Å². The van der Waals surface area contributed by atoms with Crippen molar-refractivity contribution in [1.29, 1.82) is 0 Å². The van der Waals surface area contributed by atoms with Gasteiger partial charge in [-0.2, -0.15) is 0 Å². The molecule has 156 valence electrons. The maximum absolute atomic E-state index is 13.0. The number of piperidine rings is 1. The molecule has 4 rings (SSSR count). The lowest BCUT2D eigenvalue weighted by Gasteiger charge is -2.60. The molecule has 1 saturated heterocycles. The minimum absolute atomic E-state index is 0.0161. The molecular weight excluding hydrogens is 352 g/mol. The zero-order valence-corrected chi connectivity index (χ0v) is 17.8. The van der Waals surface area contributed by atoms with E-state index in [1.807, 2.05) is 0 Å². The monoisotopic (exact) mass is 388 g/mol. The molecule has 5 nitrogen and oxygen atoms in total. The van der Waals surface area contributed by atoms with Crippen LogP contribution in [0.4, 0.5) is 0 Å². The highest BCUT2D eigenvalue weighted by Gasteiger charge is 2.61. The molecule has 3 saturated carbocycles. The van der Waals surface area contributed by atoms with Crippen molar-refractivity contribution in [1.82, 2.24) is 10.6 Å². The molecule has 0 spiro atoms. The lowest BCUT2D eigenvalue weighted by Crippen LogP contribution is -2.61. The summed E-state index contributed by atoms with van der Waals surface area (Å²) in [7, 11) is 0. The number of rotatable bonds is 3. The van der Waals surface area contributed by atoms with E-state index in [4.69, 9.17) is 0 Å². The van der Waals surface area contributed by atoms with E-state index in [2.05, 4.69) is 24.5 Å². The summed E-state index contributed by atoms with van der Waals surface area (Å²) in [4.78, 5) is 36.5. The molecule has 1 heterocycles. The van der Waals surface area contributed by atoms with E-state index in [0.29, 0.717) is 30.2 Å². The van der Waals surface area contributed by atoms with Gasteiger partial charge in [0.15, 0.2) is 5.78 Å². The summed E-state index contributed by atoms with van der Waals surface area (Å²) in [6.45, 7) is 8.06. The Hall–Kier alpha value is -1.39. The molecule has 0 bridgehead atoms. The first-order valence-electron chi connectivity index (χ1n) is 11.3. The van der Waals surface area contributed by atoms with Gasteiger partial charge in [-0.1, -0.05) is 13.8 Å². The van der Waals surface area contributed by atoms with Crippen molar-refractivity contribution in [2.75, 3.05) is 0 Å². The lowest BCUT2D eigenvalue weighted by atomic mass is 9.47. The van der Waals surface area contributed by atoms with E-state index in [-0.39, 0.29) is 34.3 Å². The van der Waals surface area contributed by atoms with Gasteiger partial charge in [0.25, 0.3) is 0 Å². The number of hydrogen-bond donors (Lipinski definition) is 2. The predicted molar refractivity (Wildman–Crippen MR) is 107 cm³/mol. The van der Waals surface area contributed by atoms with Crippen LogP contribution in [-0.2, 0) is 14.4 Å². The van der Waals surface area contributed by atoms with Crippen LogP contribution in [0.2, 0.25) is 0 Å². The molecule has 28 heavy (non-hydrogen) atoms. The summed E-state index contributed by atoms with van der Waals surface area (Å²) in [6, 6.07) is -0.0667. The van der Waals surface area contributed by atoms with Crippen molar-refractivity contribution in [3.63, 3.8) is 0 Å². The fraction of sp³-hybridized carbons (Fsp3) is 0.870. The van der Waals surface area contributed by atoms with Crippen molar-refractivity contribution in [3.8, 4) is 0 Å². The quantitative estimate of drug-likeness (QED) is 0.779. The van der Waals surface area contributed by atoms with Gasteiger partial charge < -0.3 is 10.6 Å². The minimum Gasteiger partial charge on any atom is -0.353 e. The maximum Gasteiger partial charge on any atom is 0.224 e. The van der Waals surface area contributed by atoms with E-state index in [0.717, 1.165) is 38.5 Å². The molecule has 1 aliphatic heterocycles. The van der Waals surface area contributed by atoms with Gasteiger partial charge >= 0.3 is 0 Å². The maximum atomic E-state index is 13.0. The van der Waals surface area contributed by atoms with Gasteiger partial charge in [0, 0.05) is 18.4 Å². The number of ketones is 1. The second-order valence-corrected chi connectivity index (χ2v) is 10.6. The normalized spacial score (nSPS) is 45.9. The second-order valence-electron chi connectivity index (χ2n) is 10.6. The summed E-state index contributed by atoms with van der Waals surface area (Å²) in [6.07, 6.45) is 8.22. The van der Waals surface area contributed by atoms with Gasteiger partial charge in [-0.15, -0.1) is 0 Å². The molecule has 3 aliphatic carbocycles. The predicted octanol–water partition coefficient (Wildman–Crippen LogP) is 3.22. The number of fused-ring (bicyclic) bond motifs is 5. The summed E-state index contributed by atoms with van der Waals surface area (Å²) in [5, 5.41) is 6.26. The van der Waals surface area contributed by atoms with Crippen LogP contribution < -0.4 is 10.6 Å². The molecule has 0 radical (unpaired) electrons. The number of carbonyl (C=O) groups is 3. The standard InChI is InChI=1S/C23H36N2O3/c1-13(14(2)26)24-21(28)18-7-6-16-15-5-8-19-23(4,12-10-20(27)25-19)17(15)9-11-22(16,18)3/h13,15-19H,5-12H2,1-4H3,(H,24,28)(H,25,27)/t13?,15-,16-,17-,18+,19+,22-,23+/m0/s1. The third-order valence-electron chi connectivity index (χ3n) is 9.38. The van der Waals surface area contributed by atoms with E-state index in [1.165, 1.54) is 13.3 Å². The average Bonchev–Trinajstić information content (AvgIpc) is 2.99. The van der Waals surface area contributed by atoms with E-state index in [1.54, 1.807) is 6.92 Å². The first-order valence-corrected chi connectivity index (χ1v) is 11.3. The highest BCUT2D eigenvalue weighted by atomic mass is 16.2. The molecule has 5 heteroatoms. The van der Waals surface area contributed by atoms with Crippen molar-refractivity contribution < 1.29 is 14.4 Å². The van der Waals surface area contributed by atoms with Crippen LogP contribution in [0.25, 0.3) is 0 Å². The zero-order valence-electron chi connectivity index (χ0n) is 17.8. The third kappa shape index (κ3) is 2.91. The van der Waals surface area contributed by atoms with Gasteiger partial charge in [-0.25, -0.2) is 0 Å². The molecule has 0 aromatic carbocycles. The summed E-state index contributed by atoms with van der Waals surface area (Å²) in [5.41, 5.74) is 0.254. The summed E-state index contributed by atoms with van der Waals surface area (Å²) in [5.74, 6) is 2.25. The molecule has 4 aliphatic rings. The molecule has 8 atom stereocenters. The van der Waals surface area contributed by atoms with Crippen LogP contribution in [-0.4, -0.2) is 29.7 Å². The Morgan fingerprint density at radius 2 is 1.75 bits per heavy atom. The Balaban J connectivity index is 1.53. The van der Waals surface area contributed by atoms with Gasteiger partial charge in [-0.3, -0.25) is 14.4 Å². The first-order chi connectivity index (χ1) is 13.2. The molecule has 1 unspecified atom stereocenters. The van der Waals surface area contributed by atoms with Gasteiger partial charge in [0.2, 0.25) is 11.8 Å². The number of hydrogen-bond acceptors (Lipinski definition) is 3. The van der Waals surface area contributed by atoms with Crippen LogP contribution in [0.3, 0.4) is 0 Å². The molecule has 0 aromatic heterocycles. The molecule has 0 aromatic rings. The van der Waals surface area contributed by atoms with Crippen LogP contribution in [0, 0.1) is 34.5 Å². The third-order valence-corrected chi connectivity index (χ3v) is 9.38. The minimum atomic E-state index is -0.397. The Labute approximate surface area is 168 Å². The molecule has 2 amide bonds. The lowest BCUT2D eigenvalue weighted by molar-refractivity contribution is -0.142. The van der Waals surface area contributed by atoms with Gasteiger partial charge in [-0.05, 0) is 87.4 Å². The largest absolute Gasteiger partial charge is 0.353 e. The highest BCUT2D eigenvalue weighted by molar-refractivity contribution is 5.88. The molecular formula is C23H36N2O3. The fourth-order valence-electron chi connectivity index (χ4n) is 7.55. The SMILES string of the molecule is CC(=O)C(C)NC(=O)[C@H]1CC[C@H]2[C@@H]3CC[C@H]4NC(=O)CC[C@]4(C)[C@H]3CC[C@]12C. The van der Waals surface area contributed by atoms with E-state index in [9.17, 15) is 14.4 Å². The highest BCUT2D eigenvalue weighted by Crippen LogP contribution is 2.65. The fourth-order valence-corrected chi connectivity index (χ4v) is 7.55. The van der Waals surface area contributed by atoms with E-state index >= 15 is 0 Å². The van der Waals surface area contributed by atoms with Crippen molar-refractivity contribution in [2.24, 2.45) is 34.5 Å². The molecule has 2 N–H and O–H groups in total. The Morgan fingerprint density at radius 3 is 2.46 bits per heavy atom. The number of amides is 2. The first kappa shape index (κ1) is 19.9. The van der Waals surface area contributed by atoms with Gasteiger partial charge in [0.1, 0.15) is 0 Å². The van der Waals surface area contributed by atoms with Crippen molar-refractivity contribution >= 4 is 17.6 Å². The second kappa shape index (κ2) is 6.84. The van der Waals surface area contributed by atoms with Crippen molar-refractivity contribution in [2.45, 2.75) is 91.1 Å². The zero-order chi connectivity index (χ0) is 20.3.